The molecule has 2 bridgehead atoms. The predicted molar refractivity (Wildman–Crippen MR) is 59.9 cm³/mol. The van der Waals surface area contributed by atoms with Crippen LogP contribution in [0.4, 0.5) is 0 Å². The van der Waals surface area contributed by atoms with E-state index >= 15 is 0 Å². The number of fused-ring (bicyclic) bond motifs is 2. The molecule has 5 nitrogen and oxygen atoms in total. The van der Waals surface area contributed by atoms with E-state index in [-0.39, 0.29) is 18.3 Å². The monoisotopic (exact) mass is 241 g/mol. The molecule has 2 aliphatic heterocycles. The molecular formula is C12H19NO4. The van der Waals surface area contributed by atoms with Crippen LogP contribution in [-0.2, 0) is 19.1 Å². The summed E-state index contributed by atoms with van der Waals surface area (Å²) in [5, 5.41) is 2.87. The number of nitrogens with one attached hydrogen (secondary N) is 1. The van der Waals surface area contributed by atoms with E-state index in [0.29, 0.717) is 6.61 Å². The summed E-state index contributed by atoms with van der Waals surface area (Å²) < 4.78 is 10.9. The van der Waals surface area contributed by atoms with E-state index in [1.54, 1.807) is 0 Å². The molecule has 0 aliphatic carbocycles. The van der Waals surface area contributed by atoms with Crippen LogP contribution in [0.25, 0.3) is 0 Å². The average Bonchev–Trinajstić information content (AvgIpc) is 2.38. The van der Waals surface area contributed by atoms with Crippen molar-refractivity contribution in [3.63, 3.8) is 0 Å². The Kier molecular flexibility index (Phi) is 2.69. The molecule has 0 aromatic heterocycles. The number of carbonyl (C=O) groups excluding carboxylic acids is 2. The third-order valence-electron chi connectivity index (χ3n) is 3.48. The summed E-state index contributed by atoms with van der Waals surface area (Å²) in [5.74, 6) is -0.896. The summed E-state index contributed by atoms with van der Waals surface area (Å²) in [7, 11) is 0. The van der Waals surface area contributed by atoms with Crippen molar-refractivity contribution in [2.75, 3.05) is 6.61 Å². The van der Waals surface area contributed by atoms with Gasteiger partial charge in [0.2, 0.25) is 12.2 Å². The van der Waals surface area contributed by atoms with Gasteiger partial charge >= 0.3 is 5.97 Å². The van der Waals surface area contributed by atoms with Crippen molar-refractivity contribution in [2.24, 2.45) is 11.3 Å². The Balaban J connectivity index is 2.30. The summed E-state index contributed by atoms with van der Waals surface area (Å²) in [6, 6.07) is 0. The second-order valence-corrected chi connectivity index (χ2v) is 6.09. The van der Waals surface area contributed by atoms with Gasteiger partial charge in [-0.05, 0) is 13.8 Å². The third-order valence-corrected chi connectivity index (χ3v) is 3.48. The molecule has 2 rings (SSSR count). The van der Waals surface area contributed by atoms with E-state index in [0.717, 1.165) is 0 Å². The van der Waals surface area contributed by atoms with Gasteiger partial charge in [0.1, 0.15) is 0 Å². The third kappa shape index (κ3) is 2.16. The van der Waals surface area contributed by atoms with Crippen LogP contribution in [0.1, 0.15) is 34.1 Å². The van der Waals surface area contributed by atoms with Crippen LogP contribution < -0.4 is 5.32 Å². The lowest BCUT2D eigenvalue weighted by Crippen LogP contribution is -2.47. The van der Waals surface area contributed by atoms with Gasteiger partial charge in [0.05, 0.1) is 18.1 Å². The van der Waals surface area contributed by atoms with Gasteiger partial charge in [0, 0.05) is 11.8 Å². The smallest absolute Gasteiger partial charge is 0.312 e. The van der Waals surface area contributed by atoms with E-state index in [2.05, 4.69) is 5.32 Å². The zero-order chi connectivity index (χ0) is 12.8. The second kappa shape index (κ2) is 3.70. The zero-order valence-electron chi connectivity index (χ0n) is 10.7. The first-order chi connectivity index (χ1) is 7.72. The van der Waals surface area contributed by atoms with Gasteiger partial charge < -0.3 is 14.8 Å². The summed E-state index contributed by atoms with van der Waals surface area (Å²) in [6.45, 7) is 7.90. The molecule has 2 aliphatic rings. The molecule has 2 heterocycles. The maximum Gasteiger partial charge on any atom is 0.312 e. The molecule has 1 amide bonds. The molecule has 0 radical (unpaired) electrons. The molecule has 0 spiro atoms. The van der Waals surface area contributed by atoms with Gasteiger partial charge in [0.15, 0.2) is 0 Å². The molecule has 2 fully saturated rings. The number of rotatable bonds is 0. The lowest BCUT2D eigenvalue weighted by molar-refractivity contribution is -0.179. The van der Waals surface area contributed by atoms with Gasteiger partial charge in [-0.15, -0.1) is 0 Å². The number of carbonyl (C=O) groups is 2. The molecular weight excluding hydrogens is 222 g/mol. The minimum atomic E-state index is -0.563. The van der Waals surface area contributed by atoms with Crippen molar-refractivity contribution in [3.05, 3.63) is 0 Å². The van der Waals surface area contributed by atoms with E-state index < -0.39 is 23.2 Å². The normalized spacial score (nSPS) is 35.3. The minimum absolute atomic E-state index is 0.129. The fourth-order valence-corrected chi connectivity index (χ4v) is 2.34. The number of amides is 1. The predicted octanol–water partition coefficient (Wildman–Crippen LogP) is 0.827. The van der Waals surface area contributed by atoms with Crippen LogP contribution in [0.2, 0.25) is 0 Å². The molecule has 1 N–H and O–H groups in total. The molecule has 2 unspecified atom stereocenters. The highest BCUT2D eigenvalue weighted by molar-refractivity contribution is 5.85. The average molecular weight is 241 g/mol. The van der Waals surface area contributed by atoms with Crippen LogP contribution >= 0.6 is 0 Å². The molecule has 0 aromatic rings. The van der Waals surface area contributed by atoms with Crippen LogP contribution in [0.3, 0.4) is 0 Å². The maximum atomic E-state index is 11.9. The zero-order valence-corrected chi connectivity index (χ0v) is 10.7. The van der Waals surface area contributed by atoms with Crippen molar-refractivity contribution < 1.29 is 19.1 Å². The Morgan fingerprint density at radius 2 is 1.88 bits per heavy atom. The van der Waals surface area contributed by atoms with Gasteiger partial charge in [-0.25, -0.2) is 0 Å². The minimum Gasteiger partial charge on any atom is -0.435 e. The van der Waals surface area contributed by atoms with Crippen molar-refractivity contribution in [3.8, 4) is 0 Å². The number of hydrogen-bond donors (Lipinski definition) is 1. The first-order valence-electron chi connectivity index (χ1n) is 5.85. The first-order valence-corrected chi connectivity index (χ1v) is 5.85. The highest BCUT2D eigenvalue weighted by Crippen LogP contribution is 2.43. The highest BCUT2D eigenvalue weighted by atomic mass is 16.7. The summed E-state index contributed by atoms with van der Waals surface area (Å²) in [4.78, 5) is 23.6. The number of ether oxygens (including phenoxy) is 2. The lowest BCUT2D eigenvalue weighted by atomic mass is 9.78. The Morgan fingerprint density at radius 1 is 1.24 bits per heavy atom. The topological polar surface area (TPSA) is 64.6 Å². The van der Waals surface area contributed by atoms with Crippen LogP contribution in [-0.4, -0.2) is 30.3 Å². The Labute approximate surface area is 101 Å². The quantitative estimate of drug-likeness (QED) is 0.638. The lowest BCUT2D eigenvalue weighted by Gasteiger charge is -2.29. The van der Waals surface area contributed by atoms with Crippen LogP contribution in [0.5, 0.6) is 0 Å². The van der Waals surface area contributed by atoms with Crippen molar-refractivity contribution >= 4 is 11.9 Å². The first kappa shape index (κ1) is 12.4. The number of esters is 1. The fourth-order valence-electron chi connectivity index (χ4n) is 2.34. The molecule has 2 atom stereocenters. The van der Waals surface area contributed by atoms with Gasteiger partial charge in [-0.2, -0.15) is 0 Å². The second-order valence-electron chi connectivity index (χ2n) is 6.09. The largest absolute Gasteiger partial charge is 0.435 e. The SMILES string of the molecule is CC1(C)COC2OC(=O)C(CC(=O)N1)C2(C)C. The molecule has 96 valence electrons. The van der Waals surface area contributed by atoms with Crippen molar-refractivity contribution in [1.29, 1.82) is 0 Å². The summed E-state index contributed by atoms with van der Waals surface area (Å²) >= 11 is 0. The van der Waals surface area contributed by atoms with E-state index in [9.17, 15) is 9.59 Å². The molecule has 2 saturated heterocycles. The summed E-state index contributed by atoms with van der Waals surface area (Å²) in [5.41, 5.74) is -0.904. The molecule has 0 aromatic carbocycles. The van der Waals surface area contributed by atoms with E-state index in [1.165, 1.54) is 0 Å². The van der Waals surface area contributed by atoms with Gasteiger partial charge in [0.25, 0.3) is 0 Å². The molecule has 5 heteroatoms. The fraction of sp³-hybridized carbons (Fsp3) is 0.833. The maximum absolute atomic E-state index is 11.9. The molecule has 0 saturated carbocycles. The molecule has 17 heavy (non-hydrogen) atoms. The highest BCUT2D eigenvalue weighted by Gasteiger charge is 2.53. The van der Waals surface area contributed by atoms with E-state index in [4.69, 9.17) is 9.47 Å². The summed E-state index contributed by atoms with van der Waals surface area (Å²) in [6.07, 6.45) is -0.401. The van der Waals surface area contributed by atoms with E-state index in [1.807, 2.05) is 27.7 Å². The Bertz CT molecular complexity index is 362. The van der Waals surface area contributed by atoms with Gasteiger partial charge in [-0.3, -0.25) is 9.59 Å². The van der Waals surface area contributed by atoms with Crippen LogP contribution in [0, 0.1) is 11.3 Å². The van der Waals surface area contributed by atoms with Crippen LogP contribution in [0.15, 0.2) is 0 Å². The standard InChI is InChI=1S/C12H19NO4/c1-11(2)6-16-10-12(3,4)7(9(15)17-10)5-8(14)13-11/h7,10H,5-6H2,1-4H3,(H,13,14). The Hall–Kier alpha value is -1.10. The van der Waals surface area contributed by atoms with Crippen molar-refractivity contribution in [2.45, 2.75) is 45.9 Å². The van der Waals surface area contributed by atoms with Crippen molar-refractivity contribution in [1.82, 2.24) is 5.32 Å². The van der Waals surface area contributed by atoms with Gasteiger partial charge in [-0.1, -0.05) is 13.8 Å². The number of hydrogen-bond acceptors (Lipinski definition) is 4. The Morgan fingerprint density at radius 3 is 2.53 bits per heavy atom.